The largest absolute Gasteiger partial charge is 0.496 e. The third-order valence-corrected chi connectivity index (χ3v) is 3.30. The Balaban J connectivity index is 2.20. The molecule has 1 aromatic heterocycles. The van der Waals surface area contributed by atoms with Gasteiger partial charge in [0.1, 0.15) is 5.75 Å². The topological polar surface area (TPSA) is 53.1 Å². The molecule has 0 aliphatic heterocycles. The lowest BCUT2D eigenvalue weighted by molar-refractivity contribution is 0.405. The zero-order valence-corrected chi connectivity index (χ0v) is 12.0. The van der Waals surface area contributed by atoms with Crippen LogP contribution in [0.3, 0.4) is 0 Å². The first-order valence-electron chi connectivity index (χ1n) is 5.66. The number of aryl methyl sites for hydroxylation is 1. The molecule has 5 heteroatoms. The van der Waals surface area contributed by atoms with Crippen molar-refractivity contribution < 1.29 is 4.74 Å². The van der Waals surface area contributed by atoms with Gasteiger partial charge in [-0.15, -0.1) is 0 Å². The molecule has 96 valence electrons. The summed E-state index contributed by atoms with van der Waals surface area (Å²) >= 11 is 3.42. The van der Waals surface area contributed by atoms with Crippen LogP contribution in [0, 0.1) is 0 Å². The number of halogens is 1. The van der Waals surface area contributed by atoms with Crippen molar-refractivity contribution in [3.63, 3.8) is 0 Å². The molecule has 0 radical (unpaired) electrons. The summed E-state index contributed by atoms with van der Waals surface area (Å²) in [6, 6.07) is 5.79. The van der Waals surface area contributed by atoms with E-state index in [1.807, 2.05) is 37.6 Å². The number of hydrogen-bond acceptors (Lipinski definition) is 3. The summed E-state index contributed by atoms with van der Waals surface area (Å²) in [5.74, 6) is 0.806. The predicted octanol–water partition coefficient (Wildman–Crippen LogP) is 2.43. The first-order valence-corrected chi connectivity index (χ1v) is 6.46. The Bertz CT molecular complexity index is 539. The molecule has 0 spiro atoms. The number of nitrogens with two attached hydrogens (primary N) is 1. The molecule has 2 rings (SSSR count). The van der Waals surface area contributed by atoms with E-state index in [0.717, 1.165) is 27.8 Å². The third kappa shape index (κ3) is 2.91. The van der Waals surface area contributed by atoms with Crippen LogP contribution in [-0.2, 0) is 13.5 Å². The van der Waals surface area contributed by atoms with E-state index in [0.29, 0.717) is 0 Å². The maximum atomic E-state index is 6.23. The number of nitrogens with zero attached hydrogens (tertiary/aromatic N) is 2. The van der Waals surface area contributed by atoms with Gasteiger partial charge in [-0.3, -0.25) is 4.68 Å². The monoisotopic (exact) mass is 309 g/mol. The van der Waals surface area contributed by atoms with E-state index >= 15 is 0 Å². The fraction of sp³-hybridized carbons (Fsp3) is 0.308. The van der Waals surface area contributed by atoms with Crippen LogP contribution in [0.1, 0.15) is 17.2 Å². The van der Waals surface area contributed by atoms with Gasteiger partial charge in [-0.1, -0.05) is 22.0 Å². The predicted molar refractivity (Wildman–Crippen MR) is 74.5 cm³/mol. The van der Waals surface area contributed by atoms with Crippen LogP contribution in [0.4, 0.5) is 0 Å². The number of methoxy groups -OCH3 is 1. The van der Waals surface area contributed by atoms with Gasteiger partial charge < -0.3 is 10.5 Å². The maximum Gasteiger partial charge on any atom is 0.124 e. The van der Waals surface area contributed by atoms with Gasteiger partial charge in [0.05, 0.1) is 13.3 Å². The third-order valence-electron chi connectivity index (χ3n) is 2.81. The molecule has 0 bridgehead atoms. The van der Waals surface area contributed by atoms with Gasteiger partial charge in [0.2, 0.25) is 0 Å². The molecule has 0 saturated carbocycles. The molecule has 1 unspecified atom stereocenters. The van der Waals surface area contributed by atoms with Crippen molar-refractivity contribution >= 4 is 15.9 Å². The highest BCUT2D eigenvalue weighted by molar-refractivity contribution is 9.10. The van der Waals surface area contributed by atoms with Gasteiger partial charge >= 0.3 is 0 Å². The highest BCUT2D eigenvalue weighted by Gasteiger charge is 2.13. The van der Waals surface area contributed by atoms with Crippen molar-refractivity contribution in [3.05, 3.63) is 46.2 Å². The molecule has 0 aliphatic carbocycles. The lowest BCUT2D eigenvalue weighted by atomic mass is 10.0. The summed E-state index contributed by atoms with van der Waals surface area (Å²) in [6.45, 7) is 0. The summed E-state index contributed by atoms with van der Waals surface area (Å²) in [5, 5.41) is 4.14. The number of ether oxygens (including phenoxy) is 1. The Morgan fingerprint density at radius 3 is 2.89 bits per heavy atom. The molecule has 2 N–H and O–H groups in total. The van der Waals surface area contributed by atoms with Crippen LogP contribution in [0.15, 0.2) is 35.1 Å². The van der Waals surface area contributed by atoms with E-state index in [2.05, 4.69) is 21.0 Å². The van der Waals surface area contributed by atoms with Crippen molar-refractivity contribution in [2.24, 2.45) is 12.8 Å². The van der Waals surface area contributed by atoms with E-state index in [9.17, 15) is 0 Å². The number of benzene rings is 1. The van der Waals surface area contributed by atoms with Crippen LogP contribution in [0.2, 0.25) is 0 Å². The van der Waals surface area contributed by atoms with Gasteiger partial charge in [-0.05, 0) is 24.1 Å². The van der Waals surface area contributed by atoms with Crippen molar-refractivity contribution in [3.8, 4) is 5.75 Å². The molecule has 1 heterocycles. The summed E-state index contributed by atoms with van der Waals surface area (Å²) in [5.41, 5.74) is 8.35. The first kappa shape index (κ1) is 13.1. The van der Waals surface area contributed by atoms with Crippen LogP contribution < -0.4 is 10.5 Å². The quantitative estimate of drug-likeness (QED) is 0.943. The van der Waals surface area contributed by atoms with E-state index < -0.39 is 0 Å². The molecule has 4 nitrogen and oxygen atoms in total. The fourth-order valence-electron chi connectivity index (χ4n) is 1.93. The molecular formula is C13H16BrN3O. The highest BCUT2D eigenvalue weighted by atomic mass is 79.9. The van der Waals surface area contributed by atoms with Crippen LogP contribution in [0.25, 0.3) is 0 Å². The fourth-order valence-corrected chi connectivity index (χ4v) is 2.27. The number of aromatic nitrogens is 2. The Labute approximate surface area is 115 Å². The molecule has 0 fully saturated rings. The van der Waals surface area contributed by atoms with Gasteiger partial charge in [0, 0.05) is 29.3 Å². The van der Waals surface area contributed by atoms with Crippen molar-refractivity contribution in [2.45, 2.75) is 12.5 Å². The molecule has 0 amide bonds. The van der Waals surface area contributed by atoms with Crippen LogP contribution in [0.5, 0.6) is 5.75 Å². The minimum Gasteiger partial charge on any atom is -0.496 e. The molecule has 1 atom stereocenters. The van der Waals surface area contributed by atoms with Crippen molar-refractivity contribution in [1.29, 1.82) is 0 Å². The van der Waals surface area contributed by atoms with Gasteiger partial charge in [0.15, 0.2) is 0 Å². The molecule has 2 aromatic rings. The van der Waals surface area contributed by atoms with Crippen LogP contribution >= 0.6 is 15.9 Å². The zero-order valence-electron chi connectivity index (χ0n) is 10.4. The molecular weight excluding hydrogens is 294 g/mol. The summed E-state index contributed by atoms with van der Waals surface area (Å²) in [4.78, 5) is 0. The van der Waals surface area contributed by atoms with Crippen molar-refractivity contribution in [1.82, 2.24) is 9.78 Å². The second kappa shape index (κ2) is 5.54. The Kier molecular flexibility index (Phi) is 4.04. The van der Waals surface area contributed by atoms with E-state index in [1.54, 1.807) is 11.8 Å². The SMILES string of the molecule is COc1cc(Br)ccc1C(N)Cc1cnn(C)c1. The second-order valence-electron chi connectivity index (χ2n) is 4.22. The first-order chi connectivity index (χ1) is 8.60. The Hall–Kier alpha value is -1.33. The lowest BCUT2D eigenvalue weighted by Gasteiger charge is -2.15. The van der Waals surface area contributed by atoms with Crippen LogP contribution in [-0.4, -0.2) is 16.9 Å². The standard InChI is InChI=1S/C13H16BrN3O/c1-17-8-9(7-16-17)5-12(15)11-4-3-10(14)6-13(11)18-2/h3-4,6-8,12H,5,15H2,1-2H3. The minimum absolute atomic E-state index is 0.0998. The van der Waals surface area contributed by atoms with Crippen molar-refractivity contribution in [2.75, 3.05) is 7.11 Å². The van der Waals surface area contributed by atoms with E-state index in [-0.39, 0.29) is 6.04 Å². The zero-order chi connectivity index (χ0) is 13.1. The van der Waals surface area contributed by atoms with E-state index in [1.165, 1.54) is 0 Å². The molecule has 0 aliphatic rings. The molecule has 0 saturated heterocycles. The molecule has 18 heavy (non-hydrogen) atoms. The second-order valence-corrected chi connectivity index (χ2v) is 5.13. The molecule has 1 aromatic carbocycles. The summed E-state index contributed by atoms with van der Waals surface area (Å²) < 4.78 is 8.12. The lowest BCUT2D eigenvalue weighted by Crippen LogP contribution is -2.14. The Morgan fingerprint density at radius 1 is 1.50 bits per heavy atom. The summed E-state index contributed by atoms with van der Waals surface area (Å²) in [6.07, 6.45) is 4.56. The summed E-state index contributed by atoms with van der Waals surface area (Å²) in [7, 11) is 3.55. The van der Waals surface area contributed by atoms with Gasteiger partial charge in [0.25, 0.3) is 0 Å². The van der Waals surface area contributed by atoms with Gasteiger partial charge in [-0.25, -0.2) is 0 Å². The number of hydrogen-bond donors (Lipinski definition) is 1. The highest BCUT2D eigenvalue weighted by Crippen LogP contribution is 2.29. The Morgan fingerprint density at radius 2 is 2.28 bits per heavy atom. The smallest absolute Gasteiger partial charge is 0.124 e. The average molecular weight is 310 g/mol. The average Bonchev–Trinajstić information content (AvgIpc) is 2.74. The number of rotatable bonds is 4. The normalized spacial score (nSPS) is 12.4. The van der Waals surface area contributed by atoms with Gasteiger partial charge in [-0.2, -0.15) is 5.10 Å². The van der Waals surface area contributed by atoms with E-state index in [4.69, 9.17) is 10.5 Å². The minimum atomic E-state index is -0.0998. The maximum absolute atomic E-state index is 6.23.